The van der Waals surface area contributed by atoms with Crippen molar-refractivity contribution in [1.82, 2.24) is 0 Å². The molecular weight excluding hydrogens is 350 g/mol. The molecule has 0 radical (unpaired) electrons. The van der Waals surface area contributed by atoms with Gasteiger partial charge in [0, 0.05) is 5.41 Å². The molecule has 0 bridgehead atoms. The van der Waals surface area contributed by atoms with E-state index in [0.717, 1.165) is 43.6 Å². The summed E-state index contributed by atoms with van der Waals surface area (Å²) in [5, 5.41) is 23.4. The lowest BCUT2D eigenvalue weighted by Crippen LogP contribution is -2.44. The summed E-state index contributed by atoms with van der Waals surface area (Å²) in [5.41, 5.74) is 3.26. The minimum absolute atomic E-state index is 0.156. The summed E-state index contributed by atoms with van der Waals surface area (Å²) in [7, 11) is 0. The molecule has 2 fully saturated rings. The van der Waals surface area contributed by atoms with E-state index in [9.17, 15) is 10.3 Å². The van der Waals surface area contributed by atoms with Crippen LogP contribution in [-0.4, -0.2) is 22.1 Å². The standard InChI is InChI=1S/C24H27NO3/c1-24-12-11-19-18-10-8-17(28-16-5-3-2-4-6-16)13-15(18)7-9-20(19)21(24)14-22(25-27)23(24)26/h2-6,8,10,13,19-21,23,26-27H,7,9,11-12,14H2,1H3/b25-22-/t19-,20-,21+,23+,24+/m1/s1. The molecule has 5 atom stereocenters. The highest BCUT2D eigenvalue weighted by Crippen LogP contribution is 2.60. The Morgan fingerprint density at radius 2 is 1.89 bits per heavy atom. The van der Waals surface area contributed by atoms with Gasteiger partial charge in [0.2, 0.25) is 0 Å². The van der Waals surface area contributed by atoms with Crippen molar-refractivity contribution < 1.29 is 15.1 Å². The van der Waals surface area contributed by atoms with Crippen LogP contribution in [0.2, 0.25) is 0 Å². The molecule has 0 heterocycles. The predicted octanol–water partition coefficient (Wildman–Crippen LogP) is 5.14. The summed E-state index contributed by atoms with van der Waals surface area (Å²) in [4.78, 5) is 0. The second-order valence-electron chi connectivity index (χ2n) is 8.93. The number of para-hydroxylation sites is 1. The van der Waals surface area contributed by atoms with Gasteiger partial charge in [0.1, 0.15) is 17.6 Å². The lowest BCUT2D eigenvalue weighted by molar-refractivity contribution is -0.0121. The van der Waals surface area contributed by atoms with Crippen LogP contribution in [0.4, 0.5) is 0 Å². The minimum Gasteiger partial charge on any atom is -0.457 e. The molecule has 2 aromatic rings. The highest BCUT2D eigenvalue weighted by atomic mass is 16.5. The van der Waals surface area contributed by atoms with E-state index < -0.39 is 6.10 Å². The lowest BCUT2D eigenvalue weighted by Gasteiger charge is -2.49. The van der Waals surface area contributed by atoms with Crippen LogP contribution in [0.15, 0.2) is 53.7 Å². The molecule has 2 aromatic carbocycles. The fourth-order valence-electron chi connectivity index (χ4n) is 6.13. The van der Waals surface area contributed by atoms with E-state index in [4.69, 9.17) is 4.74 Å². The van der Waals surface area contributed by atoms with Crippen LogP contribution in [0.25, 0.3) is 0 Å². The summed E-state index contributed by atoms with van der Waals surface area (Å²) in [6, 6.07) is 16.5. The highest BCUT2D eigenvalue weighted by molar-refractivity contribution is 5.91. The largest absolute Gasteiger partial charge is 0.457 e. The van der Waals surface area contributed by atoms with Gasteiger partial charge in [-0.05, 0) is 85.3 Å². The fourth-order valence-corrected chi connectivity index (χ4v) is 6.13. The first kappa shape index (κ1) is 17.7. The number of benzene rings is 2. The molecule has 0 unspecified atom stereocenters. The van der Waals surface area contributed by atoms with Gasteiger partial charge in [-0.15, -0.1) is 0 Å². The number of hydrogen-bond acceptors (Lipinski definition) is 4. The van der Waals surface area contributed by atoms with Crippen molar-refractivity contribution in [2.45, 2.75) is 51.0 Å². The van der Waals surface area contributed by atoms with Gasteiger partial charge in [-0.2, -0.15) is 0 Å². The maximum Gasteiger partial charge on any atom is 0.127 e. The minimum atomic E-state index is -0.605. The number of aliphatic hydroxyl groups excluding tert-OH is 1. The smallest absolute Gasteiger partial charge is 0.127 e. The molecule has 0 spiro atoms. The Hall–Kier alpha value is -2.33. The number of nitrogens with zero attached hydrogens (tertiary/aromatic N) is 1. The Balaban J connectivity index is 1.42. The van der Waals surface area contributed by atoms with Gasteiger partial charge >= 0.3 is 0 Å². The Bertz CT molecular complexity index is 909. The molecule has 28 heavy (non-hydrogen) atoms. The van der Waals surface area contributed by atoms with Crippen molar-refractivity contribution in [3.8, 4) is 11.5 Å². The molecule has 3 aliphatic carbocycles. The normalized spacial score (nSPS) is 35.1. The summed E-state index contributed by atoms with van der Waals surface area (Å²) in [5.74, 6) is 3.22. The van der Waals surface area contributed by atoms with Crippen LogP contribution < -0.4 is 4.74 Å². The lowest BCUT2D eigenvalue weighted by atomic mass is 9.55. The fraction of sp³-hybridized carbons (Fsp3) is 0.458. The zero-order chi connectivity index (χ0) is 19.3. The van der Waals surface area contributed by atoms with E-state index >= 15 is 0 Å². The number of fused-ring (bicyclic) bond motifs is 5. The summed E-state index contributed by atoms with van der Waals surface area (Å²) >= 11 is 0. The van der Waals surface area contributed by atoms with E-state index in [-0.39, 0.29) is 5.41 Å². The number of ether oxygens (including phenoxy) is 1. The quantitative estimate of drug-likeness (QED) is 0.563. The van der Waals surface area contributed by atoms with Crippen molar-refractivity contribution in [3.05, 3.63) is 59.7 Å². The average Bonchev–Trinajstić information content (AvgIpc) is 2.99. The van der Waals surface area contributed by atoms with E-state index in [1.54, 1.807) is 0 Å². The van der Waals surface area contributed by atoms with Crippen LogP contribution in [0.1, 0.15) is 49.7 Å². The monoisotopic (exact) mass is 377 g/mol. The number of aliphatic hydroxyl groups is 1. The van der Waals surface area contributed by atoms with E-state index in [1.807, 2.05) is 30.3 Å². The SMILES string of the molecule is C[C@]12CC[C@@H]3c4ccc(Oc5ccccc5)cc4CC[C@H]3[C@@H]1C/C(=N/O)[C@@H]2O. The molecule has 146 valence electrons. The van der Waals surface area contributed by atoms with Crippen molar-refractivity contribution >= 4 is 5.71 Å². The first-order chi connectivity index (χ1) is 13.6. The van der Waals surface area contributed by atoms with Crippen LogP contribution in [0.5, 0.6) is 11.5 Å². The second-order valence-corrected chi connectivity index (χ2v) is 8.93. The Morgan fingerprint density at radius 3 is 2.68 bits per heavy atom. The zero-order valence-electron chi connectivity index (χ0n) is 16.2. The third-order valence-electron chi connectivity index (χ3n) is 7.61. The number of rotatable bonds is 2. The third-order valence-corrected chi connectivity index (χ3v) is 7.61. The third kappa shape index (κ3) is 2.66. The van der Waals surface area contributed by atoms with Gasteiger partial charge in [-0.3, -0.25) is 0 Å². The molecule has 0 aromatic heterocycles. The molecule has 0 aliphatic heterocycles. The second kappa shape index (κ2) is 6.63. The summed E-state index contributed by atoms with van der Waals surface area (Å²) in [6.45, 7) is 2.18. The van der Waals surface area contributed by atoms with Crippen LogP contribution >= 0.6 is 0 Å². The molecule has 2 N–H and O–H groups in total. The molecule has 4 nitrogen and oxygen atoms in total. The maximum absolute atomic E-state index is 10.7. The molecule has 5 rings (SSSR count). The van der Waals surface area contributed by atoms with Gasteiger partial charge in [0.05, 0.1) is 5.71 Å². The van der Waals surface area contributed by atoms with Gasteiger partial charge in [0.25, 0.3) is 0 Å². The summed E-state index contributed by atoms with van der Waals surface area (Å²) < 4.78 is 6.03. The van der Waals surface area contributed by atoms with Gasteiger partial charge in [-0.1, -0.05) is 36.3 Å². The first-order valence-electron chi connectivity index (χ1n) is 10.3. The molecule has 4 heteroatoms. The van der Waals surface area contributed by atoms with Crippen molar-refractivity contribution in [2.75, 3.05) is 0 Å². The van der Waals surface area contributed by atoms with Crippen LogP contribution in [0, 0.1) is 17.3 Å². The molecule has 0 saturated heterocycles. The number of aryl methyl sites for hydroxylation is 1. The number of hydrogen-bond donors (Lipinski definition) is 2. The van der Waals surface area contributed by atoms with E-state index in [2.05, 4.69) is 30.3 Å². The Labute approximate surface area is 165 Å². The molecular formula is C24H27NO3. The predicted molar refractivity (Wildman–Crippen MR) is 108 cm³/mol. The highest BCUT2D eigenvalue weighted by Gasteiger charge is 2.57. The van der Waals surface area contributed by atoms with Crippen LogP contribution in [0.3, 0.4) is 0 Å². The molecule has 3 aliphatic rings. The van der Waals surface area contributed by atoms with Crippen molar-refractivity contribution in [1.29, 1.82) is 0 Å². The molecule has 0 amide bonds. The Kier molecular flexibility index (Phi) is 4.20. The van der Waals surface area contributed by atoms with Gasteiger partial charge in [0.15, 0.2) is 0 Å². The Morgan fingerprint density at radius 1 is 1.07 bits per heavy atom. The van der Waals surface area contributed by atoms with E-state index in [1.165, 1.54) is 11.1 Å². The summed E-state index contributed by atoms with van der Waals surface area (Å²) in [6.07, 6.45) is 4.33. The average molecular weight is 377 g/mol. The van der Waals surface area contributed by atoms with E-state index in [0.29, 0.717) is 23.5 Å². The van der Waals surface area contributed by atoms with Gasteiger partial charge < -0.3 is 15.1 Å². The first-order valence-corrected chi connectivity index (χ1v) is 10.3. The topological polar surface area (TPSA) is 62.0 Å². The number of oxime groups is 1. The zero-order valence-corrected chi connectivity index (χ0v) is 16.2. The van der Waals surface area contributed by atoms with Crippen molar-refractivity contribution in [3.63, 3.8) is 0 Å². The maximum atomic E-state index is 10.7. The van der Waals surface area contributed by atoms with Crippen LogP contribution in [-0.2, 0) is 6.42 Å². The van der Waals surface area contributed by atoms with Gasteiger partial charge in [-0.25, -0.2) is 0 Å². The molecule has 2 saturated carbocycles. The van der Waals surface area contributed by atoms with Crippen molar-refractivity contribution in [2.24, 2.45) is 22.4 Å².